The smallest absolute Gasteiger partial charge is 0.264 e. The zero-order valence-corrected chi connectivity index (χ0v) is 11.2. The van der Waals surface area contributed by atoms with Crippen molar-refractivity contribution >= 4 is 27.3 Å². The van der Waals surface area contributed by atoms with E-state index in [1.54, 1.807) is 30.5 Å². The van der Waals surface area contributed by atoms with Crippen LogP contribution in [0.3, 0.4) is 0 Å². The van der Waals surface area contributed by atoms with E-state index in [1.807, 2.05) is 0 Å². The van der Waals surface area contributed by atoms with Crippen LogP contribution in [0.5, 0.6) is 0 Å². The van der Waals surface area contributed by atoms with Gasteiger partial charge in [0.1, 0.15) is 0 Å². The van der Waals surface area contributed by atoms with Crippen molar-refractivity contribution in [1.29, 1.82) is 0 Å². The maximum absolute atomic E-state index is 12.3. The van der Waals surface area contributed by atoms with Gasteiger partial charge < -0.3 is 0 Å². The number of hydrogen-bond donors (Lipinski definition) is 0. The monoisotopic (exact) mass is 282 g/mol. The molecule has 2 aromatic rings. The van der Waals surface area contributed by atoms with Gasteiger partial charge in [-0.05, 0) is 36.4 Å². The number of benzene rings is 1. The van der Waals surface area contributed by atoms with Crippen molar-refractivity contribution in [3.05, 3.63) is 53.8 Å². The molecule has 0 bridgehead atoms. The van der Waals surface area contributed by atoms with Crippen LogP contribution in [0, 0.1) is 0 Å². The molecule has 94 valence electrons. The van der Waals surface area contributed by atoms with Crippen molar-refractivity contribution < 1.29 is 8.42 Å². The molecule has 0 unspecified atom stereocenters. The lowest BCUT2D eigenvalue weighted by molar-refractivity contribution is 0.594. The fourth-order valence-electron chi connectivity index (χ4n) is 1.44. The van der Waals surface area contributed by atoms with Crippen LogP contribution in [0.1, 0.15) is 0 Å². The van der Waals surface area contributed by atoms with Crippen LogP contribution in [-0.4, -0.2) is 20.4 Å². The van der Waals surface area contributed by atoms with Gasteiger partial charge in [-0.15, -0.1) is 0 Å². The highest BCUT2D eigenvalue weighted by molar-refractivity contribution is 7.92. The van der Waals surface area contributed by atoms with Gasteiger partial charge in [0.05, 0.1) is 16.8 Å². The molecule has 0 radical (unpaired) electrons. The maximum atomic E-state index is 12.3. The van der Waals surface area contributed by atoms with Crippen molar-refractivity contribution in [3.63, 3.8) is 0 Å². The summed E-state index contributed by atoms with van der Waals surface area (Å²) < 4.78 is 25.8. The van der Waals surface area contributed by atoms with Crippen molar-refractivity contribution in [2.75, 3.05) is 11.4 Å². The molecule has 1 aromatic carbocycles. The minimum Gasteiger partial charge on any atom is -0.268 e. The van der Waals surface area contributed by atoms with Gasteiger partial charge in [0.25, 0.3) is 10.0 Å². The number of sulfonamides is 1. The molecule has 6 heteroatoms. The predicted molar refractivity (Wildman–Crippen MR) is 71.3 cm³/mol. The van der Waals surface area contributed by atoms with Crippen molar-refractivity contribution in [2.45, 2.75) is 4.90 Å². The lowest BCUT2D eigenvalue weighted by Gasteiger charge is -2.18. The first-order valence-electron chi connectivity index (χ1n) is 5.16. The molecule has 2 rings (SSSR count). The summed E-state index contributed by atoms with van der Waals surface area (Å²) in [5, 5.41) is 0.498. The molecule has 4 nitrogen and oxygen atoms in total. The first-order chi connectivity index (χ1) is 8.51. The van der Waals surface area contributed by atoms with E-state index < -0.39 is 10.0 Å². The Morgan fingerprint density at radius 1 is 1.17 bits per heavy atom. The second-order valence-corrected chi connectivity index (χ2v) is 6.04. The van der Waals surface area contributed by atoms with Crippen molar-refractivity contribution in [1.82, 2.24) is 4.98 Å². The first-order valence-corrected chi connectivity index (χ1v) is 6.98. The van der Waals surface area contributed by atoms with E-state index in [-0.39, 0.29) is 4.90 Å². The number of anilines is 1. The second kappa shape index (κ2) is 4.96. The quantitative estimate of drug-likeness (QED) is 0.869. The fraction of sp³-hybridized carbons (Fsp3) is 0.0833. The molecule has 0 saturated carbocycles. The summed E-state index contributed by atoms with van der Waals surface area (Å²) >= 11 is 5.74. The standard InChI is InChI=1S/C12H11ClN2O2S/c1-15(11-3-2-8-14-9-11)18(16,17)12-6-4-10(13)5-7-12/h2-9H,1H3. The molecule has 0 aliphatic heterocycles. The second-order valence-electron chi connectivity index (χ2n) is 3.64. The van der Waals surface area contributed by atoms with Crippen LogP contribution < -0.4 is 4.31 Å². The van der Waals surface area contributed by atoms with E-state index in [9.17, 15) is 8.42 Å². The summed E-state index contributed by atoms with van der Waals surface area (Å²) in [5.41, 5.74) is 0.507. The van der Waals surface area contributed by atoms with Gasteiger partial charge in [0, 0.05) is 18.3 Å². The Balaban J connectivity index is 2.40. The Bertz CT molecular complexity index is 627. The first kappa shape index (κ1) is 12.9. The zero-order chi connectivity index (χ0) is 13.2. The molecule has 0 saturated heterocycles. The molecule has 0 spiro atoms. The Morgan fingerprint density at radius 3 is 2.39 bits per heavy atom. The van der Waals surface area contributed by atoms with Crippen LogP contribution >= 0.6 is 11.6 Å². The number of hydrogen-bond acceptors (Lipinski definition) is 3. The van der Waals surface area contributed by atoms with Crippen molar-refractivity contribution in [2.24, 2.45) is 0 Å². The van der Waals surface area contributed by atoms with E-state index in [2.05, 4.69) is 4.98 Å². The van der Waals surface area contributed by atoms with Crippen LogP contribution in [0.15, 0.2) is 53.7 Å². The third-order valence-electron chi connectivity index (χ3n) is 2.48. The minimum absolute atomic E-state index is 0.193. The topological polar surface area (TPSA) is 50.3 Å². The SMILES string of the molecule is CN(c1cccnc1)S(=O)(=O)c1ccc(Cl)cc1. The van der Waals surface area contributed by atoms with E-state index in [1.165, 1.54) is 29.7 Å². The summed E-state index contributed by atoms with van der Waals surface area (Å²) in [6.07, 6.45) is 3.08. The van der Waals surface area contributed by atoms with Crippen LogP contribution in [0.25, 0.3) is 0 Å². The molecule has 0 N–H and O–H groups in total. The fourth-order valence-corrected chi connectivity index (χ4v) is 2.75. The van der Waals surface area contributed by atoms with Crippen LogP contribution in [0.4, 0.5) is 5.69 Å². The van der Waals surface area contributed by atoms with Gasteiger partial charge in [0.15, 0.2) is 0 Å². The number of aromatic nitrogens is 1. The number of halogens is 1. The highest BCUT2D eigenvalue weighted by atomic mass is 35.5. The minimum atomic E-state index is -3.57. The largest absolute Gasteiger partial charge is 0.268 e. The summed E-state index contributed by atoms with van der Waals surface area (Å²) in [6.45, 7) is 0. The zero-order valence-electron chi connectivity index (χ0n) is 9.62. The van der Waals surface area contributed by atoms with Gasteiger partial charge in [-0.2, -0.15) is 0 Å². The van der Waals surface area contributed by atoms with E-state index in [4.69, 9.17) is 11.6 Å². The summed E-state index contributed by atoms with van der Waals surface area (Å²) in [4.78, 5) is 4.09. The highest BCUT2D eigenvalue weighted by Gasteiger charge is 2.20. The Kier molecular flexibility index (Phi) is 3.54. The van der Waals surface area contributed by atoms with Gasteiger partial charge in [0.2, 0.25) is 0 Å². The average molecular weight is 283 g/mol. The molecule has 18 heavy (non-hydrogen) atoms. The number of rotatable bonds is 3. The van der Waals surface area contributed by atoms with E-state index in [0.29, 0.717) is 10.7 Å². The molecule has 0 aliphatic carbocycles. The number of pyridine rings is 1. The third-order valence-corrected chi connectivity index (χ3v) is 4.53. The third kappa shape index (κ3) is 2.47. The van der Waals surface area contributed by atoms with Crippen molar-refractivity contribution in [3.8, 4) is 0 Å². The summed E-state index contributed by atoms with van der Waals surface area (Å²) in [7, 11) is -2.09. The predicted octanol–water partition coefficient (Wildman–Crippen LogP) is 2.56. The molecule has 0 amide bonds. The molecule has 1 aromatic heterocycles. The molecule has 1 heterocycles. The van der Waals surface area contributed by atoms with Gasteiger partial charge >= 0.3 is 0 Å². The Hall–Kier alpha value is -1.59. The van der Waals surface area contributed by atoms with Gasteiger partial charge in [-0.1, -0.05) is 11.6 Å². The molecule has 0 atom stereocenters. The molecule has 0 aliphatic rings. The van der Waals surface area contributed by atoms with Gasteiger partial charge in [-0.3, -0.25) is 9.29 Å². The lowest BCUT2D eigenvalue weighted by Crippen LogP contribution is -2.26. The average Bonchev–Trinajstić information content (AvgIpc) is 2.39. The normalized spacial score (nSPS) is 11.2. The molecule has 0 fully saturated rings. The highest BCUT2D eigenvalue weighted by Crippen LogP contribution is 2.22. The number of nitrogens with zero attached hydrogens (tertiary/aromatic N) is 2. The molecular formula is C12H11ClN2O2S. The van der Waals surface area contributed by atoms with Crippen LogP contribution in [-0.2, 0) is 10.0 Å². The molecular weight excluding hydrogens is 272 g/mol. The lowest BCUT2D eigenvalue weighted by atomic mass is 10.4. The maximum Gasteiger partial charge on any atom is 0.264 e. The summed E-state index contributed by atoms with van der Waals surface area (Å²) in [5.74, 6) is 0. The Labute approximate surface area is 111 Å². The van der Waals surface area contributed by atoms with Crippen LogP contribution in [0.2, 0.25) is 5.02 Å². The van der Waals surface area contributed by atoms with Gasteiger partial charge in [-0.25, -0.2) is 8.42 Å². The summed E-state index contributed by atoms with van der Waals surface area (Å²) in [6, 6.07) is 9.41. The van der Waals surface area contributed by atoms with E-state index >= 15 is 0 Å². The Morgan fingerprint density at radius 2 is 1.83 bits per heavy atom. The van der Waals surface area contributed by atoms with E-state index in [0.717, 1.165) is 0 Å².